The highest BCUT2D eigenvalue weighted by atomic mass is 16.5. The summed E-state index contributed by atoms with van der Waals surface area (Å²) >= 11 is 0. The van der Waals surface area contributed by atoms with E-state index in [0.29, 0.717) is 6.61 Å². The number of hydrogen-bond donors (Lipinski definition) is 1. The van der Waals surface area contributed by atoms with Gasteiger partial charge in [0.05, 0.1) is 18.2 Å². The van der Waals surface area contributed by atoms with E-state index in [1.165, 1.54) is 25.7 Å². The van der Waals surface area contributed by atoms with Crippen molar-refractivity contribution >= 4 is 0 Å². The molecule has 0 amide bonds. The summed E-state index contributed by atoms with van der Waals surface area (Å²) in [6.45, 7) is 4.94. The summed E-state index contributed by atoms with van der Waals surface area (Å²) in [5.74, 6) is 0.864. The van der Waals surface area contributed by atoms with Crippen LogP contribution < -0.4 is 4.74 Å². The van der Waals surface area contributed by atoms with Crippen molar-refractivity contribution < 1.29 is 9.84 Å². The largest absolute Gasteiger partial charge is 0.494 e. The van der Waals surface area contributed by atoms with Crippen LogP contribution in [0.15, 0.2) is 24.3 Å². The number of likely N-dealkylation sites (tertiary alicyclic amines) is 1. The average molecular weight is 289 g/mol. The van der Waals surface area contributed by atoms with Crippen LogP contribution in [-0.2, 0) is 0 Å². The fourth-order valence-electron chi connectivity index (χ4n) is 4.16. The molecule has 1 heterocycles. The molecule has 2 fully saturated rings. The first-order chi connectivity index (χ1) is 10.3. The van der Waals surface area contributed by atoms with Crippen molar-refractivity contribution in [1.29, 1.82) is 0 Å². The van der Waals surface area contributed by atoms with Gasteiger partial charge in [0, 0.05) is 0 Å². The first-order valence-corrected chi connectivity index (χ1v) is 8.42. The smallest absolute Gasteiger partial charge is 0.119 e. The van der Waals surface area contributed by atoms with Crippen molar-refractivity contribution in [2.45, 2.75) is 57.1 Å². The molecule has 3 nitrogen and oxygen atoms in total. The van der Waals surface area contributed by atoms with Crippen molar-refractivity contribution in [1.82, 2.24) is 4.90 Å². The van der Waals surface area contributed by atoms with Gasteiger partial charge in [-0.15, -0.1) is 0 Å². The summed E-state index contributed by atoms with van der Waals surface area (Å²) in [5.41, 5.74) is 0.969. The molecule has 3 rings (SSSR count). The quantitative estimate of drug-likeness (QED) is 0.900. The number of rotatable bonds is 5. The maximum atomic E-state index is 11.1. The number of nitrogens with zero attached hydrogens (tertiary/aromatic N) is 1. The van der Waals surface area contributed by atoms with Crippen molar-refractivity contribution in [3.63, 3.8) is 0 Å². The van der Waals surface area contributed by atoms with Crippen LogP contribution in [-0.4, -0.2) is 35.2 Å². The Labute approximate surface area is 127 Å². The molecule has 1 atom stereocenters. The van der Waals surface area contributed by atoms with Gasteiger partial charge in [-0.05, 0) is 63.4 Å². The highest BCUT2D eigenvalue weighted by molar-refractivity contribution is 5.32. The third kappa shape index (κ3) is 2.82. The van der Waals surface area contributed by atoms with Crippen LogP contribution >= 0.6 is 0 Å². The van der Waals surface area contributed by atoms with Gasteiger partial charge in [-0.3, -0.25) is 4.90 Å². The van der Waals surface area contributed by atoms with E-state index in [9.17, 15) is 5.11 Å². The van der Waals surface area contributed by atoms with Crippen LogP contribution in [0.5, 0.6) is 5.75 Å². The fraction of sp³-hybridized carbons (Fsp3) is 0.667. The molecular formula is C18H27NO2. The van der Waals surface area contributed by atoms with E-state index in [-0.39, 0.29) is 5.54 Å². The van der Waals surface area contributed by atoms with Crippen LogP contribution in [0.3, 0.4) is 0 Å². The minimum atomic E-state index is -0.404. The zero-order chi connectivity index (χ0) is 14.7. The van der Waals surface area contributed by atoms with E-state index >= 15 is 0 Å². The lowest BCUT2D eigenvalue weighted by atomic mass is 9.84. The second-order valence-electron chi connectivity index (χ2n) is 6.41. The molecule has 1 aliphatic carbocycles. The highest BCUT2D eigenvalue weighted by Gasteiger charge is 2.46. The molecule has 21 heavy (non-hydrogen) atoms. The third-order valence-electron chi connectivity index (χ3n) is 5.20. The lowest BCUT2D eigenvalue weighted by molar-refractivity contribution is -0.0196. The molecule has 2 aliphatic rings. The minimum Gasteiger partial charge on any atom is -0.494 e. The monoisotopic (exact) mass is 289 g/mol. The molecule has 1 unspecified atom stereocenters. The Morgan fingerprint density at radius 1 is 1.19 bits per heavy atom. The molecule has 1 aliphatic heterocycles. The lowest BCUT2D eigenvalue weighted by Gasteiger charge is -2.43. The van der Waals surface area contributed by atoms with E-state index in [4.69, 9.17) is 4.74 Å². The Kier molecular flexibility index (Phi) is 4.51. The second kappa shape index (κ2) is 6.37. The van der Waals surface area contributed by atoms with Crippen LogP contribution in [0.2, 0.25) is 0 Å². The van der Waals surface area contributed by atoms with E-state index < -0.39 is 6.10 Å². The standard InChI is InChI=1S/C18H27NO2/c1-2-21-16-9-7-8-15(14-16)17(20)18(10-3-4-11-18)19-12-5-6-13-19/h7-9,14,17,20H,2-6,10-13H2,1H3. The van der Waals surface area contributed by atoms with E-state index in [1.807, 2.05) is 31.2 Å². The molecule has 1 aromatic carbocycles. The molecule has 0 spiro atoms. The summed E-state index contributed by atoms with van der Waals surface area (Å²) in [6.07, 6.45) is 6.84. The van der Waals surface area contributed by atoms with E-state index in [1.54, 1.807) is 0 Å². The fourth-order valence-corrected chi connectivity index (χ4v) is 4.16. The number of ether oxygens (including phenoxy) is 1. The third-order valence-corrected chi connectivity index (χ3v) is 5.20. The number of aliphatic hydroxyl groups excluding tert-OH is 1. The van der Waals surface area contributed by atoms with Crippen molar-refractivity contribution in [2.24, 2.45) is 0 Å². The molecule has 0 aromatic heterocycles. The van der Waals surface area contributed by atoms with Crippen molar-refractivity contribution in [2.75, 3.05) is 19.7 Å². The van der Waals surface area contributed by atoms with Gasteiger partial charge in [0.25, 0.3) is 0 Å². The Morgan fingerprint density at radius 3 is 2.57 bits per heavy atom. The summed E-state index contributed by atoms with van der Waals surface area (Å²) in [7, 11) is 0. The maximum Gasteiger partial charge on any atom is 0.119 e. The second-order valence-corrected chi connectivity index (χ2v) is 6.41. The molecule has 1 aromatic rings. The van der Waals surface area contributed by atoms with Gasteiger partial charge in [0.15, 0.2) is 0 Å². The average Bonchev–Trinajstić information content (AvgIpc) is 3.19. The normalized spacial score (nSPS) is 23.3. The molecule has 1 saturated heterocycles. The van der Waals surface area contributed by atoms with Gasteiger partial charge in [-0.2, -0.15) is 0 Å². The number of benzene rings is 1. The van der Waals surface area contributed by atoms with Gasteiger partial charge in [0.2, 0.25) is 0 Å². The lowest BCUT2D eigenvalue weighted by Crippen LogP contribution is -2.49. The van der Waals surface area contributed by atoms with E-state index in [2.05, 4.69) is 4.90 Å². The van der Waals surface area contributed by atoms with Gasteiger partial charge < -0.3 is 9.84 Å². The molecule has 0 bridgehead atoms. The first-order valence-electron chi connectivity index (χ1n) is 8.42. The summed E-state index contributed by atoms with van der Waals surface area (Å²) < 4.78 is 5.59. The highest BCUT2D eigenvalue weighted by Crippen LogP contribution is 2.46. The Balaban J connectivity index is 1.86. The van der Waals surface area contributed by atoms with Crippen LogP contribution in [0.25, 0.3) is 0 Å². The Morgan fingerprint density at radius 2 is 1.90 bits per heavy atom. The number of aliphatic hydroxyl groups is 1. The molecule has 3 heteroatoms. The van der Waals surface area contributed by atoms with Crippen LogP contribution in [0.1, 0.15) is 57.1 Å². The predicted molar refractivity (Wildman–Crippen MR) is 84.6 cm³/mol. The maximum absolute atomic E-state index is 11.1. The minimum absolute atomic E-state index is 0.0403. The van der Waals surface area contributed by atoms with Crippen LogP contribution in [0.4, 0.5) is 0 Å². The van der Waals surface area contributed by atoms with Crippen LogP contribution in [0, 0.1) is 0 Å². The molecule has 0 radical (unpaired) electrons. The molecular weight excluding hydrogens is 262 g/mol. The first kappa shape index (κ1) is 14.9. The van der Waals surface area contributed by atoms with E-state index in [0.717, 1.165) is 37.2 Å². The van der Waals surface area contributed by atoms with Gasteiger partial charge in [-0.1, -0.05) is 25.0 Å². The van der Waals surface area contributed by atoms with Gasteiger partial charge in [-0.25, -0.2) is 0 Å². The summed E-state index contributed by atoms with van der Waals surface area (Å²) in [4.78, 5) is 2.55. The summed E-state index contributed by atoms with van der Waals surface area (Å²) in [5, 5.41) is 11.1. The van der Waals surface area contributed by atoms with Gasteiger partial charge >= 0.3 is 0 Å². The zero-order valence-electron chi connectivity index (χ0n) is 13.1. The van der Waals surface area contributed by atoms with Crippen molar-refractivity contribution in [3.8, 4) is 5.75 Å². The molecule has 116 valence electrons. The Bertz CT molecular complexity index is 462. The molecule has 1 saturated carbocycles. The number of hydrogen-bond acceptors (Lipinski definition) is 3. The zero-order valence-corrected chi connectivity index (χ0v) is 13.1. The summed E-state index contributed by atoms with van der Waals surface area (Å²) in [6, 6.07) is 8.03. The van der Waals surface area contributed by atoms with Gasteiger partial charge in [0.1, 0.15) is 5.75 Å². The SMILES string of the molecule is CCOc1cccc(C(O)C2(N3CCCC3)CCCC2)c1. The Hall–Kier alpha value is -1.06. The topological polar surface area (TPSA) is 32.7 Å². The van der Waals surface area contributed by atoms with Crippen molar-refractivity contribution in [3.05, 3.63) is 29.8 Å². The molecule has 1 N–H and O–H groups in total. The predicted octanol–water partition coefficient (Wildman–Crippen LogP) is 3.53.